The third-order valence-corrected chi connectivity index (χ3v) is 5.13. The first-order valence-corrected chi connectivity index (χ1v) is 11.2. The van der Waals surface area contributed by atoms with Gasteiger partial charge in [-0.2, -0.15) is 0 Å². The summed E-state index contributed by atoms with van der Waals surface area (Å²) in [5.74, 6) is 0.811. The molecule has 1 unspecified atom stereocenters. The summed E-state index contributed by atoms with van der Waals surface area (Å²) in [6, 6.07) is 16.5. The molecule has 3 heteroatoms. The predicted molar refractivity (Wildman–Crippen MR) is 120 cm³/mol. The predicted octanol–water partition coefficient (Wildman–Crippen LogP) is 7.50. The minimum absolute atomic E-state index is 0.111. The molecular weight excluding hydrogens is 360 g/mol. The number of hydrogen-bond donors (Lipinski definition) is 0. The minimum Gasteiger partial charge on any atom is -0.494 e. The van der Waals surface area contributed by atoms with Crippen LogP contribution in [-0.2, 0) is 9.53 Å². The van der Waals surface area contributed by atoms with E-state index >= 15 is 0 Å². The Morgan fingerprint density at radius 3 is 2.00 bits per heavy atom. The maximum atomic E-state index is 11.9. The number of benzene rings is 2. The van der Waals surface area contributed by atoms with E-state index < -0.39 is 0 Å². The van der Waals surface area contributed by atoms with Crippen molar-refractivity contribution in [3.8, 4) is 16.9 Å². The lowest BCUT2D eigenvalue weighted by molar-refractivity contribution is -0.148. The van der Waals surface area contributed by atoms with E-state index in [0.717, 1.165) is 54.7 Å². The van der Waals surface area contributed by atoms with Crippen LogP contribution in [0.1, 0.15) is 83.8 Å². The second-order valence-electron chi connectivity index (χ2n) is 7.64. The van der Waals surface area contributed by atoms with Gasteiger partial charge in [0.25, 0.3) is 0 Å². The monoisotopic (exact) mass is 396 g/mol. The largest absolute Gasteiger partial charge is 0.494 e. The fourth-order valence-electron chi connectivity index (χ4n) is 3.25. The number of esters is 1. The summed E-state index contributed by atoms with van der Waals surface area (Å²) in [4.78, 5) is 11.9. The van der Waals surface area contributed by atoms with E-state index in [4.69, 9.17) is 9.47 Å². The molecule has 0 aliphatic rings. The smallest absolute Gasteiger partial charge is 0.306 e. The van der Waals surface area contributed by atoms with Crippen LogP contribution in [0.4, 0.5) is 0 Å². The summed E-state index contributed by atoms with van der Waals surface area (Å²) >= 11 is 0. The van der Waals surface area contributed by atoms with Crippen LogP contribution in [0.2, 0.25) is 0 Å². The van der Waals surface area contributed by atoms with Gasteiger partial charge >= 0.3 is 5.97 Å². The molecule has 1 atom stereocenters. The molecule has 0 saturated carbocycles. The quantitative estimate of drug-likeness (QED) is 0.260. The van der Waals surface area contributed by atoms with Crippen LogP contribution in [-0.4, -0.2) is 12.6 Å². The van der Waals surface area contributed by atoms with Gasteiger partial charge in [-0.1, -0.05) is 82.3 Å². The molecule has 2 aromatic rings. The molecule has 3 nitrogen and oxygen atoms in total. The van der Waals surface area contributed by atoms with Gasteiger partial charge in [0.2, 0.25) is 0 Å². The van der Waals surface area contributed by atoms with Gasteiger partial charge in [0, 0.05) is 6.42 Å². The van der Waals surface area contributed by atoms with Gasteiger partial charge in [-0.05, 0) is 48.6 Å². The summed E-state index contributed by atoms with van der Waals surface area (Å²) in [7, 11) is 0. The Morgan fingerprint density at radius 2 is 1.38 bits per heavy atom. The summed E-state index contributed by atoms with van der Waals surface area (Å²) in [5.41, 5.74) is 3.31. The van der Waals surface area contributed by atoms with Crippen molar-refractivity contribution < 1.29 is 14.3 Å². The Morgan fingerprint density at radius 1 is 0.793 bits per heavy atom. The second kappa shape index (κ2) is 13.0. The first-order chi connectivity index (χ1) is 14.1. The number of ether oxygens (including phenoxy) is 2. The zero-order chi connectivity index (χ0) is 20.9. The first-order valence-electron chi connectivity index (χ1n) is 11.2. The molecule has 0 aliphatic heterocycles. The van der Waals surface area contributed by atoms with Crippen molar-refractivity contribution in [1.82, 2.24) is 0 Å². The molecule has 0 amide bonds. The van der Waals surface area contributed by atoms with Crippen LogP contribution in [0.3, 0.4) is 0 Å². The third kappa shape index (κ3) is 8.31. The molecule has 0 N–H and O–H groups in total. The number of rotatable bonds is 13. The lowest BCUT2D eigenvalue weighted by atomic mass is 10.0. The van der Waals surface area contributed by atoms with Crippen molar-refractivity contribution in [3.63, 3.8) is 0 Å². The molecule has 0 spiro atoms. The Labute approximate surface area is 176 Å². The van der Waals surface area contributed by atoms with Crippen molar-refractivity contribution in [2.45, 2.75) is 78.2 Å². The molecule has 158 valence electrons. The van der Waals surface area contributed by atoms with Crippen molar-refractivity contribution in [3.05, 3.63) is 54.1 Å². The van der Waals surface area contributed by atoms with Crippen LogP contribution in [0, 0.1) is 0 Å². The number of unbranched alkanes of at least 4 members (excludes halogenated alkanes) is 5. The average molecular weight is 397 g/mol. The van der Waals surface area contributed by atoms with Gasteiger partial charge < -0.3 is 9.47 Å². The van der Waals surface area contributed by atoms with Gasteiger partial charge in [0.05, 0.1) is 6.61 Å². The minimum atomic E-state index is -0.221. The summed E-state index contributed by atoms with van der Waals surface area (Å²) < 4.78 is 11.4. The van der Waals surface area contributed by atoms with Gasteiger partial charge in [-0.25, -0.2) is 0 Å². The maximum absolute atomic E-state index is 11.9. The Kier molecular flexibility index (Phi) is 10.3. The first kappa shape index (κ1) is 23.0. The molecule has 0 aromatic heterocycles. The van der Waals surface area contributed by atoms with Crippen molar-refractivity contribution in [2.24, 2.45) is 0 Å². The highest BCUT2D eigenvalue weighted by atomic mass is 16.5. The zero-order valence-corrected chi connectivity index (χ0v) is 18.3. The molecule has 0 fully saturated rings. The van der Waals surface area contributed by atoms with Crippen LogP contribution >= 0.6 is 0 Å². The molecule has 0 saturated heterocycles. The SMILES string of the molecule is CCCCCCOc1ccc(-c2ccc(C(C)OC(=O)CCCCC)cc2)cc1. The summed E-state index contributed by atoms with van der Waals surface area (Å²) in [6.45, 7) is 7.06. The average Bonchev–Trinajstić information content (AvgIpc) is 2.74. The Hall–Kier alpha value is -2.29. The molecular formula is C26H36O3. The highest BCUT2D eigenvalue weighted by Gasteiger charge is 2.11. The number of carbonyl (C=O) groups excluding carboxylic acids is 1. The van der Waals surface area contributed by atoms with E-state index in [-0.39, 0.29) is 12.1 Å². The van der Waals surface area contributed by atoms with Gasteiger partial charge in [-0.15, -0.1) is 0 Å². The van der Waals surface area contributed by atoms with E-state index in [0.29, 0.717) is 6.42 Å². The van der Waals surface area contributed by atoms with Gasteiger partial charge in [0.15, 0.2) is 0 Å². The van der Waals surface area contributed by atoms with Gasteiger partial charge in [0.1, 0.15) is 11.9 Å². The molecule has 0 heterocycles. The lowest BCUT2D eigenvalue weighted by Crippen LogP contribution is -2.08. The van der Waals surface area contributed by atoms with Gasteiger partial charge in [-0.3, -0.25) is 4.79 Å². The Bertz CT molecular complexity index is 704. The molecule has 2 aromatic carbocycles. The molecule has 29 heavy (non-hydrogen) atoms. The van der Waals surface area contributed by atoms with Crippen LogP contribution in [0.15, 0.2) is 48.5 Å². The molecule has 2 rings (SSSR count). The summed E-state index contributed by atoms with van der Waals surface area (Å²) in [5, 5.41) is 0. The maximum Gasteiger partial charge on any atom is 0.306 e. The fraction of sp³-hybridized carbons (Fsp3) is 0.500. The molecule has 0 radical (unpaired) electrons. The Balaban J connectivity index is 1.85. The number of carbonyl (C=O) groups is 1. The molecule has 0 bridgehead atoms. The fourth-order valence-corrected chi connectivity index (χ4v) is 3.25. The molecule has 0 aliphatic carbocycles. The van der Waals surface area contributed by atoms with Crippen LogP contribution in [0.5, 0.6) is 5.75 Å². The van der Waals surface area contributed by atoms with E-state index in [1.54, 1.807) is 0 Å². The lowest BCUT2D eigenvalue weighted by Gasteiger charge is -2.14. The van der Waals surface area contributed by atoms with E-state index in [1.807, 2.05) is 31.2 Å². The van der Waals surface area contributed by atoms with Crippen LogP contribution < -0.4 is 4.74 Å². The highest BCUT2D eigenvalue weighted by molar-refractivity contribution is 5.69. The van der Waals surface area contributed by atoms with E-state index in [1.165, 1.54) is 19.3 Å². The van der Waals surface area contributed by atoms with Crippen molar-refractivity contribution in [2.75, 3.05) is 6.61 Å². The van der Waals surface area contributed by atoms with Crippen molar-refractivity contribution >= 4 is 5.97 Å². The van der Waals surface area contributed by atoms with Crippen LogP contribution in [0.25, 0.3) is 11.1 Å². The normalized spacial score (nSPS) is 11.8. The summed E-state index contributed by atoms with van der Waals surface area (Å²) in [6.07, 6.45) is 8.22. The number of hydrogen-bond acceptors (Lipinski definition) is 3. The van der Waals surface area contributed by atoms with Crippen molar-refractivity contribution in [1.29, 1.82) is 0 Å². The standard InChI is InChI=1S/C26H36O3/c1-4-6-8-10-20-28-25-18-16-24(17-19-25)23-14-12-22(13-15-23)21(3)29-26(27)11-9-7-5-2/h12-19,21H,4-11,20H2,1-3H3. The highest BCUT2D eigenvalue weighted by Crippen LogP contribution is 2.25. The van der Waals surface area contributed by atoms with E-state index in [2.05, 4.69) is 38.1 Å². The van der Waals surface area contributed by atoms with E-state index in [9.17, 15) is 4.79 Å². The third-order valence-electron chi connectivity index (χ3n) is 5.13. The topological polar surface area (TPSA) is 35.5 Å². The second-order valence-corrected chi connectivity index (χ2v) is 7.64. The zero-order valence-electron chi connectivity index (χ0n) is 18.3.